The second-order valence-corrected chi connectivity index (χ2v) is 7.76. The molecular formula is C22H27N9O4. The van der Waals surface area contributed by atoms with Gasteiger partial charge in [0, 0.05) is 31.3 Å². The van der Waals surface area contributed by atoms with Crippen LogP contribution in [-0.2, 0) is 16.1 Å². The van der Waals surface area contributed by atoms with Crippen molar-refractivity contribution in [3.8, 4) is 0 Å². The van der Waals surface area contributed by atoms with E-state index in [1.54, 1.807) is 37.4 Å². The number of nitrogen functional groups attached to an aromatic ring is 2. The number of carboxylic acids is 1. The van der Waals surface area contributed by atoms with Crippen LogP contribution in [0.4, 0.5) is 17.5 Å². The molecule has 0 aliphatic carbocycles. The first kappa shape index (κ1) is 25.1. The summed E-state index contributed by atoms with van der Waals surface area (Å²) in [6, 6.07) is 5.46. The number of fused-ring (bicyclic) bond motifs is 1. The SMILES string of the molecule is CCNC(=O)CC[C@H](NC(=O)c1ccc(N(C)Cc2cnc3nc(N)nc(N)c3n2)cc1)C(=O)O. The van der Waals surface area contributed by atoms with Crippen molar-refractivity contribution < 1.29 is 19.5 Å². The number of carbonyl (C=O) groups is 3. The number of amides is 2. The first-order chi connectivity index (χ1) is 16.7. The van der Waals surface area contributed by atoms with Crippen molar-refractivity contribution in [2.75, 3.05) is 30.0 Å². The maximum atomic E-state index is 12.5. The van der Waals surface area contributed by atoms with Crippen LogP contribution in [0.25, 0.3) is 11.2 Å². The fraction of sp³-hybridized carbons (Fsp3) is 0.318. The Morgan fingerprint density at radius 1 is 1.11 bits per heavy atom. The van der Waals surface area contributed by atoms with Gasteiger partial charge in [0.15, 0.2) is 17.0 Å². The highest BCUT2D eigenvalue weighted by atomic mass is 16.4. The second kappa shape index (κ2) is 11.0. The molecule has 13 heteroatoms. The molecule has 0 spiro atoms. The minimum atomic E-state index is -1.20. The maximum absolute atomic E-state index is 12.5. The van der Waals surface area contributed by atoms with Crippen molar-refractivity contribution in [1.82, 2.24) is 30.6 Å². The second-order valence-electron chi connectivity index (χ2n) is 7.76. The van der Waals surface area contributed by atoms with Crippen LogP contribution in [-0.4, -0.2) is 62.5 Å². The molecule has 2 amide bonds. The highest BCUT2D eigenvalue weighted by Crippen LogP contribution is 2.19. The van der Waals surface area contributed by atoms with Crippen LogP contribution < -0.4 is 27.0 Å². The predicted octanol–water partition coefficient (Wildman–Crippen LogP) is 0.320. The molecule has 7 N–H and O–H groups in total. The number of aliphatic carboxylic acids is 1. The van der Waals surface area contributed by atoms with Crippen molar-refractivity contribution in [3.63, 3.8) is 0 Å². The number of carbonyl (C=O) groups excluding carboxylic acids is 2. The lowest BCUT2D eigenvalue weighted by Gasteiger charge is -2.19. The van der Waals surface area contributed by atoms with Gasteiger partial charge in [-0.05, 0) is 37.6 Å². The molecule has 0 fully saturated rings. The van der Waals surface area contributed by atoms with Crippen molar-refractivity contribution in [2.24, 2.45) is 0 Å². The Labute approximate surface area is 201 Å². The fourth-order valence-corrected chi connectivity index (χ4v) is 3.32. The molecule has 0 saturated carbocycles. The highest BCUT2D eigenvalue weighted by molar-refractivity contribution is 5.97. The molecule has 0 unspecified atom stereocenters. The summed E-state index contributed by atoms with van der Waals surface area (Å²) >= 11 is 0. The van der Waals surface area contributed by atoms with Crippen LogP contribution in [0.15, 0.2) is 30.5 Å². The molecule has 2 heterocycles. The summed E-state index contributed by atoms with van der Waals surface area (Å²) in [6.45, 7) is 2.61. The number of anilines is 3. The molecule has 0 aliphatic heterocycles. The van der Waals surface area contributed by atoms with Gasteiger partial charge >= 0.3 is 5.97 Å². The molecule has 0 aliphatic rings. The summed E-state index contributed by atoms with van der Waals surface area (Å²) in [7, 11) is 1.84. The standard InChI is InChI=1S/C22H27N9O4/c1-3-25-16(32)9-8-15(21(34)35)28-20(33)12-4-6-14(7-5-12)31(2)11-13-10-26-19-17(27-13)18(23)29-22(24)30-19/h4-7,10,15H,3,8-9,11H2,1-2H3,(H,25,32)(H,28,33)(H,34,35)(H4,23,24,26,29,30)/t15-/m0/s1. The van der Waals surface area contributed by atoms with Crippen LogP contribution in [0.5, 0.6) is 0 Å². The lowest BCUT2D eigenvalue weighted by molar-refractivity contribution is -0.139. The molecule has 2 aromatic heterocycles. The quantitative estimate of drug-likeness (QED) is 0.267. The Balaban J connectivity index is 1.64. The van der Waals surface area contributed by atoms with E-state index in [1.165, 1.54) is 0 Å². The summed E-state index contributed by atoms with van der Waals surface area (Å²) in [6.07, 6.45) is 1.56. The lowest BCUT2D eigenvalue weighted by Crippen LogP contribution is -2.41. The van der Waals surface area contributed by atoms with E-state index in [0.29, 0.717) is 35.5 Å². The zero-order valence-corrected chi connectivity index (χ0v) is 19.4. The van der Waals surface area contributed by atoms with E-state index in [2.05, 4.69) is 30.6 Å². The summed E-state index contributed by atoms with van der Waals surface area (Å²) in [5, 5.41) is 14.4. The molecular weight excluding hydrogens is 454 g/mol. The fourth-order valence-electron chi connectivity index (χ4n) is 3.32. The Morgan fingerprint density at radius 2 is 1.83 bits per heavy atom. The Bertz CT molecular complexity index is 1230. The lowest BCUT2D eigenvalue weighted by atomic mass is 10.1. The number of nitrogens with zero attached hydrogens (tertiary/aromatic N) is 5. The van der Waals surface area contributed by atoms with E-state index < -0.39 is 17.9 Å². The Hall–Kier alpha value is -4.55. The van der Waals surface area contributed by atoms with E-state index in [1.807, 2.05) is 11.9 Å². The van der Waals surface area contributed by atoms with Crippen molar-refractivity contribution in [1.29, 1.82) is 0 Å². The average molecular weight is 482 g/mol. The highest BCUT2D eigenvalue weighted by Gasteiger charge is 2.21. The van der Waals surface area contributed by atoms with E-state index in [0.717, 1.165) is 5.69 Å². The minimum Gasteiger partial charge on any atom is -0.480 e. The van der Waals surface area contributed by atoms with Gasteiger partial charge in [-0.3, -0.25) is 9.59 Å². The van der Waals surface area contributed by atoms with Gasteiger partial charge in [-0.25, -0.2) is 14.8 Å². The smallest absolute Gasteiger partial charge is 0.326 e. The van der Waals surface area contributed by atoms with Crippen LogP contribution in [0.2, 0.25) is 0 Å². The molecule has 0 radical (unpaired) electrons. The van der Waals surface area contributed by atoms with Crippen LogP contribution in [0, 0.1) is 0 Å². The van der Waals surface area contributed by atoms with Gasteiger partial charge in [0.05, 0.1) is 18.4 Å². The summed E-state index contributed by atoms with van der Waals surface area (Å²) in [4.78, 5) is 54.1. The number of nitrogens with one attached hydrogen (secondary N) is 2. The van der Waals surface area contributed by atoms with Crippen molar-refractivity contribution in [2.45, 2.75) is 32.4 Å². The topological polar surface area (TPSA) is 202 Å². The van der Waals surface area contributed by atoms with Gasteiger partial charge in [-0.2, -0.15) is 9.97 Å². The van der Waals surface area contributed by atoms with E-state index in [9.17, 15) is 19.5 Å². The third kappa shape index (κ3) is 6.50. The number of nitrogens with two attached hydrogens (primary N) is 2. The zero-order chi connectivity index (χ0) is 25.5. The first-order valence-corrected chi connectivity index (χ1v) is 10.8. The largest absolute Gasteiger partial charge is 0.480 e. The number of hydrogen-bond acceptors (Lipinski definition) is 10. The van der Waals surface area contributed by atoms with Crippen molar-refractivity contribution in [3.05, 3.63) is 41.7 Å². The summed E-state index contributed by atoms with van der Waals surface area (Å²) < 4.78 is 0. The molecule has 3 aromatic rings. The van der Waals surface area contributed by atoms with Gasteiger partial charge in [0.25, 0.3) is 5.91 Å². The number of carboxylic acid groups (broad SMARTS) is 1. The summed E-state index contributed by atoms with van der Waals surface area (Å²) in [5.74, 6) is -1.85. The molecule has 13 nitrogen and oxygen atoms in total. The first-order valence-electron chi connectivity index (χ1n) is 10.8. The monoisotopic (exact) mass is 481 g/mol. The van der Waals surface area contributed by atoms with Gasteiger partial charge in [0.2, 0.25) is 11.9 Å². The average Bonchev–Trinajstić information content (AvgIpc) is 2.82. The molecule has 1 atom stereocenters. The Morgan fingerprint density at radius 3 is 2.49 bits per heavy atom. The van der Waals surface area contributed by atoms with Gasteiger partial charge in [-0.15, -0.1) is 0 Å². The zero-order valence-electron chi connectivity index (χ0n) is 19.4. The van der Waals surface area contributed by atoms with Crippen LogP contribution in [0.1, 0.15) is 35.8 Å². The van der Waals surface area contributed by atoms with E-state index >= 15 is 0 Å². The van der Waals surface area contributed by atoms with Gasteiger partial charge in [-0.1, -0.05) is 0 Å². The maximum Gasteiger partial charge on any atom is 0.326 e. The van der Waals surface area contributed by atoms with Gasteiger partial charge in [0.1, 0.15) is 6.04 Å². The number of hydrogen-bond donors (Lipinski definition) is 5. The molecule has 1 aromatic carbocycles. The van der Waals surface area contributed by atoms with E-state index in [-0.39, 0.29) is 30.5 Å². The van der Waals surface area contributed by atoms with Crippen LogP contribution in [0.3, 0.4) is 0 Å². The van der Waals surface area contributed by atoms with Crippen LogP contribution >= 0.6 is 0 Å². The molecule has 0 saturated heterocycles. The molecule has 184 valence electrons. The number of benzene rings is 1. The van der Waals surface area contributed by atoms with E-state index in [4.69, 9.17) is 11.5 Å². The third-order valence-electron chi connectivity index (χ3n) is 5.11. The molecule has 0 bridgehead atoms. The number of rotatable bonds is 10. The normalized spacial score (nSPS) is 11.6. The van der Waals surface area contributed by atoms with Crippen molar-refractivity contribution >= 4 is 46.4 Å². The Kier molecular flexibility index (Phi) is 7.92. The molecule has 35 heavy (non-hydrogen) atoms. The predicted molar refractivity (Wildman–Crippen MR) is 129 cm³/mol. The molecule has 3 rings (SSSR count). The third-order valence-corrected chi connectivity index (χ3v) is 5.11. The summed E-state index contributed by atoms with van der Waals surface area (Å²) in [5.41, 5.74) is 13.8. The number of aromatic nitrogens is 4. The van der Waals surface area contributed by atoms with Gasteiger partial charge < -0.3 is 32.1 Å². The minimum absolute atomic E-state index is 0.00234.